The van der Waals surface area contributed by atoms with Crippen molar-refractivity contribution in [3.63, 3.8) is 0 Å². The first-order valence-electron chi connectivity index (χ1n) is 6.48. The maximum absolute atomic E-state index is 12.0. The molecule has 0 aliphatic carbocycles. The summed E-state index contributed by atoms with van der Waals surface area (Å²) in [7, 11) is 0. The predicted octanol–water partition coefficient (Wildman–Crippen LogP) is 3.77. The highest BCUT2D eigenvalue weighted by Gasteiger charge is 2.21. The maximum Gasteiger partial charge on any atom is 0.259 e. The van der Waals surface area contributed by atoms with E-state index in [1.165, 1.54) is 11.3 Å². The Balaban J connectivity index is 2.09. The fourth-order valence-electron chi connectivity index (χ4n) is 1.68. The van der Waals surface area contributed by atoms with Gasteiger partial charge >= 0.3 is 0 Å². The van der Waals surface area contributed by atoms with Crippen molar-refractivity contribution in [3.05, 3.63) is 45.9 Å². The summed E-state index contributed by atoms with van der Waals surface area (Å²) in [4.78, 5) is 16.4. The Morgan fingerprint density at radius 1 is 1.43 bits per heavy atom. The molecule has 6 heteroatoms. The van der Waals surface area contributed by atoms with E-state index in [1.54, 1.807) is 24.3 Å². The molecular formula is C15H17ClN2O2S. The molecule has 2 rings (SSSR count). The first-order valence-corrected chi connectivity index (χ1v) is 7.73. The van der Waals surface area contributed by atoms with E-state index in [0.717, 1.165) is 5.69 Å². The van der Waals surface area contributed by atoms with Gasteiger partial charge in [-0.1, -0.05) is 44.5 Å². The summed E-state index contributed by atoms with van der Waals surface area (Å²) in [5.74, 6) is -0.521. The monoisotopic (exact) mass is 324 g/mol. The molecule has 1 aromatic carbocycles. The second-order valence-electron chi connectivity index (χ2n) is 5.73. The highest BCUT2D eigenvalue weighted by Crippen LogP contribution is 2.27. The average molecular weight is 325 g/mol. The van der Waals surface area contributed by atoms with E-state index in [4.69, 9.17) is 11.6 Å². The van der Waals surface area contributed by atoms with Crippen molar-refractivity contribution in [2.75, 3.05) is 5.32 Å². The number of aliphatic hydroxyl groups is 1. The molecule has 4 nitrogen and oxygen atoms in total. The smallest absolute Gasteiger partial charge is 0.259 e. The third kappa shape index (κ3) is 4.03. The number of carbonyl (C=O) groups excluding carboxylic acids is 1. The molecule has 0 fully saturated rings. The summed E-state index contributed by atoms with van der Waals surface area (Å²) in [5.41, 5.74) is 1.28. The summed E-state index contributed by atoms with van der Waals surface area (Å²) in [6, 6.07) is 6.59. The Morgan fingerprint density at radius 2 is 2.14 bits per heavy atom. The van der Waals surface area contributed by atoms with Crippen molar-refractivity contribution in [2.45, 2.75) is 32.3 Å². The van der Waals surface area contributed by atoms with Crippen molar-refractivity contribution < 1.29 is 9.90 Å². The normalized spacial score (nSPS) is 13.0. The lowest BCUT2D eigenvalue weighted by molar-refractivity contribution is -0.124. The van der Waals surface area contributed by atoms with Crippen LogP contribution in [0.4, 0.5) is 5.13 Å². The zero-order valence-corrected chi connectivity index (χ0v) is 13.6. The summed E-state index contributed by atoms with van der Waals surface area (Å²) >= 11 is 7.19. The van der Waals surface area contributed by atoms with Crippen molar-refractivity contribution in [1.29, 1.82) is 0 Å². The molecule has 0 aliphatic rings. The van der Waals surface area contributed by atoms with E-state index >= 15 is 0 Å². The van der Waals surface area contributed by atoms with Gasteiger partial charge in [-0.25, -0.2) is 4.98 Å². The van der Waals surface area contributed by atoms with Gasteiger partial charge in [0.25, 0.3) is 5.91 Å². The predicted molar refractivity (Wildman–Crippen MR) is 85.9 cm³/mol. The zero-order valence-electron chi connectivity index (χ0n) is 12.1. The number of aliphatic hydroxyl groups excluding tert-OH is 1. The SMILES string of the molecule is CC(C)(C)c1csc(NC(=O)[C@H](O)c2cccc(Cl)c2)n1. The molecular weight excluding hydrogens is 308 g/mol. The van der Waals surface area contributed by atoms with Crippen molar-refractivity contribution in [3.8, 4) is 0 Å². The number of amides is 1. The molecule has 0 aliphatic heterocycles. The van der Waals surface area contributed by atoms with Crippen molar-refractivity contribution in [2.24, 2.45) is 0 Å². The fraction of sp³-hybridized carbons (Fsp3) is 0.333. The van der Waals surface area contributed by atoms with Crippen LogP contribution in [-0.2, 0) is 10.2 Å². The van der Waals surface area contributed by atoms with Crippen LogP contribution in [0.5, 0.6) is 0 Å². The quantitative estimate of drug-likeness (QED) is 0.903. The number of carbonyl (C=O) groups is 1. The molecule has 1 heterocycles. The highest BCUT2D eigenvalue weighted by molar-refractivity contribution is 7.13. The molecule has 2 N–H and O–H groups in total. The molecule has 0 radical (unpaired) electrons. The molecule has 0 spiro atoms. The fourth-order valence-corrected chi connectivity index (χ4v) is 2.82. The lowest BCUT2D eigenvalue weighted by Crippen LogP contribution is -2.21. The minimum absolute atomic E-state index is 0.0783. The van der Waals surface area contributed by atoms with Crippen molar-refractivity contribution in [1.82, 2.24) is 4.98 Å². The number of rotatable bonds is 3. The molecule has 0 unspecified atom stereocenters. The van der Waals surface area contributed by atoms with Crippen LogP contribution < -0.4 is 5.32 Å². The van der Waals surface area contributed by atoms with Crippen LogP contribution in [0, 0.1) is 0 Å². The molecule has 1 amide bonds. The van der Waals surface area contributed by atoms with Crippen LogP contribution in [0.2, 0.25) is 5.02 Å². The van der Waals surface area contributed by atoms with Gasteiger partial charge in [0.1, 0.15) is 0 Å². The number of nitrogens with zero attached hydrogens (tertiary/aromatic N) is 1. The van der Waals surface area contributed by atoms with Crippen LogP contribution in [0.25, 0.3) is 0 Å². The number of hydrogen-bond acceptors (Lipinski definition) is 4. The second-order valence-corrected chi connectivity index (χ2v) is 7.03. The van der Waals surface area contributed by atoms with E-state index in [9.17, 15) is 9.90 Å². The Hall–Kier alpha value is -1.43. The lowest BCUT2D eigenvalue weighted by atomic mass is 9.93. The summed E-state index contributed by atoms with van der Waals surface area (Å²) in [6.45, 7) is 6.15. The number of nitrogens with one attached hydrogen (secondary N) is 1. The van der Waals surface area contributed by atoms with Crippen LogP contribution in [0.3, 0.4) is 0 Å². The number of thiazole rings is 1. The van der Waals surface area contributed by atoms with Crippen LogP contribution in [0.1, 0.15) is 38.1 Å². The van der Waals surface area contributed by atoms with Gasteiger partial charge in [-0.05, 0) is 17.7 Å². The van der Waals surface area contributed by atoms with E-state index in [0.29, 0.717) is 15.7 Å². The number of aromatic nitrogens is 1. The Labute approximate surface area is 132 Å². The van der Waals surface area contributed by atoms with Gasteiger partial charge in [0.05, 0.1) is 5.69 Å². The molecule has 1 atom stereocenters. The van der Waals surface area contributed by atoms with E-state index in [2.05, 4.69) is 31.1 Å². The molecule has 0 saturated heterocycles. The second kappa shape index (κ2) is 6.13. The van der Waals surface area contributed by atoms with Crippen LogP contribution in [0.15, 0.2) is 29.6 Å². The van der Waals surface area contributed by atoms with Crippen LogP contribution in [-0.4, -0.2) is 16.0 Å². The summed E-state index contributed by atoms with van der Waals surface area (Å²) < 4.78 is 0. The first kappa shape index (κ1) is 15.9. The highest BCUT2D eigenvalue weighted by atomic mass is 35.5. The third-order valence-electron chi connectivity index (χ3n) is 2.92. The van der Waals surface area contributed by atoms with Gasteiger partial charge < -0.3 is 5.11 Å². The molecule has 1 aromatic heterocycles. The number of halogens is 1. The molecule has 0 saturated carbocycles. The Morgan fingerprint density at radius 3 is 2.71 bits per heavy atom. The van der Waals surface area contributed by atoms with Crippen molar-refractivity contribution >= 4 is 34.0 Å². The van der Waals surface area contributed by atoms with E-state index in [-0.39, 0.29) is 5.41 Å². The van der Waals surface area contributed by atoms with Gasteiger partial charge in [-0.2, -0.15) is 0 Å². The van der Waals surface area contributed by atoms with E-state index < -0.39 is 12.0 Å². The summed E-state index contributed by atoms with van der Waals surface area (Å²) in [6.07, 6.45) is -1.27. The topological polar surface area (TPSA) is 62.2 Å². The molecule has 21 heavy (non-hydrogen) atoms. The number of anilines is 1. The number of benzene rings is 1. The van der Waals surface area contributed by atoms with Gasteiger partial charge in [0.2, 0.25) is 0 Å². The minimum atomic E-state index is -1.27. The van der Waals surface area contributed by atoms with Gasteiger partial charge in [-0.15, -0.1) is 11.3 Å². The minimum Gasteiger partial charge on any atom is -0.378 e. The average Bonchev–Trinajstić information content (AvgIpc) is 2.86. The summed E-state index contributed by atoms with van der Waals surface area (Å²) in [5, 5.41) is 15.5. The Bertz CT molecular complexity index is 649. The lowest BCUT2D eigenvalue weighted by Gasteiger charge is -2.14. The molecule has 0 bridgehead atoms. The van der Waals surface area contributed by atoms with Gasteiger partial charge in [0, 0.05) is 15.8 Å². The number of hydrogen-bond donors (Lipinski definition) is 2. The standard InChI is InChI=1S/C15H17ClN2O2S/c1-15(2,3)11-8-21-14(17-11)18-13(20)12(19)9-5-4-6-10(16)7-9/h4-8,12,19H,1-3H3,(H,17,18,20)/t12-/m1/s1. The van der Waals surface area contributed by atoms with Gasteiger partial charge in [0.15, 0.2) is 11.2 Å². The first-order chi connectivity index (χ1) is 9.77. The maximum atomic E-state index is 12.0. The van der Waals surface area contributed by atoms with Crippen LogP contribution >= 0.6 is 22.9 Å². The third-order valence-corrected chi connectivity index (χ3v) is 3.91. The Kier molecular flexibility index (Phi) is 4.66. The van der Waals surface area contributed by atoms with Gasteiger partial charge in [-0.3, -0.25) is 10.1 Å². The van der Waals surface area contributed by atoms with E-state index in [1.807, 2.05) is 5.38 Å². The zero-order chi connectivity index (χ0) is 15.6. The molecule has 112 valence electrons. The molecule has 2 aromatic rings. The largest absolute Gasteiger partial charge is 0.378 e.